The Hall–Kier alpha value is -0.940. The minimum absolute atomic E-state index is 0.0696. The lowest BCUT2D eigenvalue weighted by Crippen LogP contribution is -2.28. The molecular formula is C11H21N3O2. The van der Waals surface area contributed by atoms with Gasteiger partial charge in [0.1, 0.15) is 0 Å². The molecule has 0 fully saturated rings. The average Bonchev–Trinajstić information content (AvgIpc) is 2.66. The van der Waals surface area contributed by atoms with Crippen molar-refractivity contribution in [2.75, 3.05) is 13.2 Å². The number of rotatable bonds is 7. The summed E-state index contributed by atoms with van der Waals surface area (Å²) in [4.78, 5) is 4.27. The molecule has 5 heteroatoms. The van der Waals surface area contributed by atoms with Crippen LogP contribution in [0.4, 0.5) is 0 Å². The van der Waals surface area contributed by atoms with Crippen LogP contribution in [0.3, 0.4) is 0 Å². The molecule has 1 aromatic heterocycles. The smallest absolute Gasteiger partial charge is 0.228 e. The van der Waals surface area contributed by atoms with Gasteiger partial charge in [0.05, 0.1) is 6.61 Å². The van der Waals surface area contributed by atoms with Crippen molar-refractivity contribution in [3.63, 3.8) is 0 Å². The maximum absolute atomic E-state index is 5.93. The van der Waals surface area contributed by atoms with Gasteiger partial charge in [0.2, 0.25) is 5.89 Å². The van der Waals surface area contributed by atoms with E-state index < -0.39 is 0 Å². The van der Waals surface area contributed by atoms with Crippen LogP contribution in [-0.2, 0) is 17.6 Å². The Morgan fingerprint density at radius 1 is 1.44 bits per heavy atom. The highest BCUT2D eigenvalue weighted by Crippen LogP contribution is 2.07. The molecule has 0 saturated carbocycles. The molecule has 2 N–H and O–H groups in total. The van der Waals surface area contributed by atoms with Gasteiger partial charge in [-0.15, -0.1) is 0 Å². The Labute approximate surface area is 96.4 Å². The Morgan fingerprint density at radius 2 is 2.19 bits per heavy atom. The van der Waals surface area contributed by atoms with Crippen LogP contribution in [0, 0.1) is 5.92 Å². The molecule has 0 bridgehead atoms. The topological polar surface area (TPSA) is 74.2 Å². The number of ether oxygens (including phenoxy) is 1. The van der Waals surface area contributed by atoms with E-state index in [2.05, 4.69) is 24.0 Å². The summed E-state index contributed by atoms with van der Waals surface area (Å²) in [6.07, 6.45) is 1.33. The minimum Gasteiger partial charge on any atom is -0.381 e. The molecule has 1 rings (SSSR count). The van der Waals surface area contributed by atoms with Gasteiger partial charge in [-0.1, -0.05) is 19.0 Å². The van der Waals surface area contributed by atoms with Crippen LogP contribution < -0.4 is 5.73 Å². The first-order chi connectivity index (χ1) is 7.63. The summed E-state index contributed by atoms with van der Waals surface area (Å²) < 4.78 is 10.3. The molecule has 0 amide bonds. The summed E-state index contributed by atoms with van der Waals surface area (Å²) in [5, 5.41) is 3.88. The van der Waals surface area contributed by atoms with Crippen molar-refractivity contribution in [1.29, 1.82) is 0 Å². The summed E-state index contributed by atoms with van der Waals surface area (Å²) in [5.41, 5.74) is 5.93. The molecular weight excluding hydrogens is 206 g/mol. The third-order valence-corrected chi connectivity index (χ3v) is 2.45. The van der Waals surface area contributed by atoms with Gasteiger partial charge in [-0.05, 0) is 12.8 Å². The molecule has 0 spiro atoms. The standard InChI is InChI=1S/C11H21N3O2/c1-4-15-6-5-10-13-11(16-14-10)7-9(12)8(2)3/h8-9H,4-7,12H2,1-3H3. The van der Waals surface area contributed by atoms with E-state index in [1.807, 2.05) is 6.92 Å². The summed E-state index contributed by atoms with van der Waals surface area (Å²) in [7, 11) is 0. The predicted molar refractivity (Wildman–Crippen MR) is 61.0 cm³/mol. The number of nitrogens with two attached hydrogens (primary N) is 1. The van der Waals surface area contributed by atoms with Gasteiger partial charge in [0.25, 0.3) is 0 Å². The Morgan fingerprint density at radius 3 is 2.81 bits per heavy atom. The third kappa shape index (κ3) is 4.28. The lowest BCUT2D eigenvalue weighted by atomic mass is 10.0. The fourth-order valence-corrected chi connectivity index (χ4v) is 1.22. The normalized spacial score (nSPS) is 13.3. The van der Waals surface area contributed by atoms with Gasteiger partial charge in [0, 0.05) is 25.5 Å². The zero-order valence-electron chi connectivity index (χ0n) is 10.3. The zero-order chi connectivity index (χ0) is 12.0. The molecule has 0 aromatic carbocycles. The van der Waals surface area contributed by atoms with Gasteiger partial charge in [0.15, 0.2) is 5.82 Å². The molecule has 0 saturated heterocycles. The van der Waals surface area contributed by atoms with E-state index in [9.17, 15) is 0 Å². The van der Waals surface area contributed by atoms with Crippen LogP contribution in [0.5, 0.6) is 0 Å². The SMILES string of the molecule is CCOCCc1noc(CC(N)C(C)C)n1. The van der Waals surface area contributed by atoms with E-state index >= 15 is 0 Å². The molecule has 1 aromatic rings. The first kappa shape index (κ1) is 13.1. The fourth-order valence-electron chi connectivity index (χ4n) is 1.22. The lowest BCUT2D eigenvalue weighted by molar-refractivity contribution is 0.149. The van der Waals surface area contributed by atoms with Crippen LogP contribution in [0.15, 0.2) is 4.52 Å². The fraction of sp³-hybridized carbons (Fsp3) is 0.818. The van der Waals surface area contributed by atoms with Crippen molar-refractivity contribution in [3.05, 3.63) is 11.7 Å². The van der Waals surface area contributed by atoms with Crippen LogP contribution in [0.2, 0.25) is 0 Å². The number of aromatic nitrogens is 2. The molecule has 92 valence electrons. The highest BCUT2D eigenvalue weighted by Gasteiger charge is 2.13. The van der Waals surface area contributed by atoms with E-state index in [1.165, 1.54) is 0 Å². The predicted octanol–water partition coefficient (Wildman–Crippen LogP) is 1.17. The molecule has 0 radical (unpaired) electrons. The van der Waals surface area contributed by atoms with E-state index in [1.54, 1.807) is 0 Å². The highest BCUT2D eigenvalue weighted by molar-refractivity contribution is 4.89. The van der Waals surface area contributed by atoms with E-state index in [4.69, 9.17) is 15.0 Å². The van der Waals surface area contributed by atoms with Crippen LogP contribution in [0.1, 0.15) is 32.5 Å². The Balaban J connectivity index is 2.39. The van der Waals surface area contributed by atoms with Gasteiger partial charge < -0.3 is 15.0 Å². The minimum atomic E-state index is 0.0696. The molecule has 1 heterocycles. The highest BCUT2D eigenvalue weighted by atomic mass is 16.5. The van der Waals surface area contributed by atoms with E-state index in [-0.39, 0.29) is 6.04 Å². The molecule has 0 aliphatic heterocycles. The van der Waals surface area contributed by atoms with Gasteiger partial charge in [-0.25, -0.2) is 0 Å². The second-order valence-corrected chi connectivity index (χ2v) is 4.16. The number of nitrogens with zero attached hydrogens (tertiary/aromatic N) is 2. The second kappa shape index (κ2) is 6.60. The monoisotopic (exact) mass is 227 g/mol. The largest absolute Gasteiger partial charge is 0.381 e. The third-order valence-electron chi connectivity index (χ3n) is 2.45. The van der Waals surface area contributed by atoms with Crippen LogP contribution in [-0.4, -0.2) is 29.4 Å². The first-order valence-electron chi connectivity index (χ1n) is 5.78. The maximum Gasteiger partial charge on any atom is 0.228 e. The Bertz CT molecular complexity index is 299. The van der Waals surface area contributed by atoms with Crippen LogP contribution >= 0.6 is 0 Å². The molecule has 0 aliphatic carbocycles. The van der Waals surface area contributed by atoms with Crippen molar-refractivity contribution in [3.8, 4) is 0 Å². The van der Waals surface area contributed by atoms with Crippen molar-refractivity contribution in [2.24, 2.45) is 11.7 Å². The first-order valence-corrected chi connectivity index (χ1v) is 5.78. The van der Waals surface area contributed by atoms with Gasteiger partial charge in [-0.2, -0.15) is 4.98 Å². The Kier molecular flexibility index (Phi) is 5.42. The van der Waals surface area contributed by atoms with Crippen molar-refractivity contribution in [2.45, 2.75) is 39.7 Å². The number of hydrogen-bond donors (Lipinski definition) is 1. The molecule has 5 nitrogen and oxygen atoms in total. The molecule has 0 aliphatic rings. The van der Waals surface area contributed by atoms with E-state index in [0.29, 0.717) is 43.7 Å². The van der Waals surface area contributed by atoms with Gasteiger partial charge in [-0.3, -0.25) is 0 Å². The summed E-state index contributed by atoms with van der Waals surface area (Å²) in [6, 6.07) is 0.0696. The summed E-state index contributed by atoms with van der Waals surface area (Å²) in [5.74, 6) is 1.73. The zero-order valence-corrected chi connectivity index (χ0v) is 10.3. The summed E-state index contributed by atoms with van der Waals surface area (Å²) >= 11 is 0. The van der Waals surface area contributed by atoms with Crippen molar-refractivity contribution >= 4 is 0 Å². The van der Waals surface area contributed by atoms with Gasteiger partial charge >= 0.3 is 0 Å². The second-order valence-electron chi connectivity index (χ2n) is 4.16. The lowest BCUT2D eigenvalue weighted by Gasteiger charge is -2.11. The molecule has 1 unspecified atom stereocenters. The molecule has 16 heavy (non-hydrogen) atoms. The molecule has 1 atom stereocenters. The van der Waals surface area contributed by atoms with Crippen molar-refractivity contribution in [1.82, 2.24) is 10.1 Å². The summed E-state index contributed by atoms with van der Waals surface area (Å²) in [6.45, 7) is 7.46. The van der Waals surface area contributed by atoms with Crippen molar-refractivity contribution < 1.29 is 9.26 Å². The quantitative estimate of drug-likeness (QED) is 0.708. The maximum atomic E-state index is 5.93. The number of hydrogen-bond acceptors (Lipinski definition) is 5. The van der Waals surface area contributed by atoms with Crippen LogP contribution in [0.25, 0.3) is 0 Å². The average molecular weight is 227 g/mol. The van der Waals surface area contributed by atoms with E-state index in [0.717, 1.165) is 0 Å².